The highest BCUT2D eigenvalue weighted by atomic mass is 35.5. The lowest BCUT2D eigenvalue weighted by atomic mass is 10.2. The van der Waals surface area contributed by atoms with E-state index in [-0.39, 0.29) is 6.23 Å². The third kappa shape index (κ3) is 2.19. The van der Waals surface area contributed by atoms with E-state index in [0.717, 1.165) is 25.9 Å². The molecule has 14 heavy (non-hydrogen) atoms. The standard InChI is InChI=1S/C8H11Cl2N3O/c9-7(10)8-11-5-13(12-8)6-3-1-2-4-14-6/h5-7H,1-4H2. The monoisotopic (exact) mass is 235 g/mol. The molecule has 78 valence electrons. The minimum absolute atomic E-state index is 0.00270. The molecular formula is C8H11Cl2N3O. The van der Waals surface area contributed by atoms with Crippen molar-refractivity contribution in [3.05, 3.63) is 12.2 Å². The first-order chi connectivity index (χ1) is 6.77. The van der Waals surface area contributed by atoms with Gasteiger partial charge < -0.3 is 4.74 Å². The first kappa shape index (κ1) is 10.2. The Labute approximate surface area is 92.2 Å². The van der Waals surface area contributed by atoms with Crippen molar-refractivity contribution in [1.29, 1.82) is 0 Å². The van der Waals surface area contributed by atoms with E-state index >= 15 is 0 Å². The number of halogens is 2. The molecule has 0 aromatic carbocycles. The Kier molecular flexibility index (Phi) is 3.26. The summed E-state index contributed by atoms with van der Waals surface area (Å²) in [5, 5.41) is 4.15. The highest BCUT2D eigenvalue weighted by Gasteiger charge is 2.18. The SMILES string of the molecule is ClC(Cl)c1ncn(C2CCCCO2)n1. The van der Waals surface area contributed by atoms with Crippen LogP contribution in [0, 0.1) is 0 Å². The molecule has 0 amide bonds. The summed E-state index contributed by atoms with van der Waals surface area (Å²) in [4.78, 5) is 3.33. The van der Waals surface area contributed by atoms with Crippen LogP contribution in [-0.4, -0.2) is 21.4 Å². The van der Waals surface area contributed by atoms with Gasteiger partial charge in [-0.2, -0.15) is 5.10 Å². The molecule has 1 atom stereocenters. The summed E-state index contributed by atoms with van der Waals surface area (Å²) in [6.45, 7) is 0.783. The van der Waals surface area contributed by atoms with E-state index in [1.807, 2.05) is 0 Å². The lowest BCUT2D eigenvalue weighted by Crippen LogP contribution is -2.18. The molecule has 1 aliphatic rings. The van der Waals surface area contributed by atoms with Crippen molar-refractivity contribution in [2.24, 2.45) is 0 Å². The van der Waals surface area contributed by atoms with Gasteiger partial charge in [-0.15, -0.1) is 0 Å². The Balaban J connectivity index is 2.07. The Hall–Kier alpha value is -0.320. The van der Waals surface area contributed by atoms with Gasteiger partial charge in [0.05, 0.1) is 0 Å². The zero-order valence-electron chi connectivity index (χ0n) is 7.57. The van der Waals surface area contributed by atoms with Crippen molar-refractivity contribution in [3.63, 3.8) is 0 Å². The second-order valence-electron chi connectivity index (χ2n) is 3.20. The number of alkyl halides is 2. The Morgan fingerprint density at radius 2 is 2.36 bits per heavy atom. The summed E-state index contributed by atoms with van der Waals surface area (Å²) in [6, 6.07) is 0. The maximum Gasteiger partial charge on any atom is 0.183 e. The van der Waals surface area contributed by atoms with E-state index < -0.39 is 4.84 Å². The summed E-state index contributed by atoms with van der Waals surface area (Å²) in [5.41, 5.74) is 0. The fourth-order valence-electron chi connectivity index (χ4n) is 1.46. The van der Waals surface area contributed by atoms with Crippen molar-refractivity contribution < 1.29 is 4.74 Å². The largest absolute Gasteiger partial charge is 0.356 e. The van der Waals surface area contributed by atoms with Crippen molar-refractivity contribution >= 4 is 23.2 Å². The van der Waals surface area contributed by atoms with E-state index in [4.69, 9.17) is 27.9 Å². The van der Waals surface area contributed by atoms with Crippen LogP contribution in [0.4, 0.5) is 0 Å². The third-order valence-electron chi connectivity index (χ3n) is 2.17. The molecule has 1 aliphatic heterocycles. The molecule has 1 unspecified atom stereocenters. The Morgan fingerprint density at radius 1 is 1.50 bits per heavy atom. The van der Waals surface area contributed by atoms with Crippen LogP contribution < -0.4 is 0 Å². The molecule has 0 bridgehead atoms. The van der Waals surface area contributed by atoms with Crippen LogP contribution >= 0.6 is 23.2 Å². The lowest BCUT2D eigenvalue weighted by Gasteiger charge is -2.21. The van der Waals surface area contributed by atoms with Gasteiger partial charge in [0.25, 0.3) is 0 Å². The zero-order valence-corrected chi connectivity index (χ0v) is 9.08. The van der Waals surface area contributed by atoms with E-state index in [1.165, 1.54) is 0 Å². The molecule has 1 saturated heterocycles. The molecule has 0 aliphatic carbocycles. The van der Waals surface area contributed by atoms with Gasteiger partial charge in [0, 0.05) is 6.61 Å². The predicted octanol–water partition coefficient (Wildman–Crippen LogP) is 2.45. The van der Waals surface area contributed by atoms with Crippen LogP contribution in [0.3, 0.4) is 0 Å². The minimum Gasteiger partial charge on any atom is -0.356 e. The summed E-state index contributed by atoms with van der Waals surface area (Å²) >= 11 is 11.3. The smallest absolute Gasteiger partial charge is 0.183 e. The maximum absolute atomic E-state index is 5.64. The van der Waals surface area contributed by atoms with Crippen molar-refractivity contribution in [3.8, 4) is 0 Å². The average molecular weight is 236 g/mol. The molecule has 0 spiro atoms. The lowest BCUT2D eigenvalue weighted by molar-refractivity contribution is -0.0398. The van der Waals surface area contributed by atoms with E-state index in [9.17, 15) is 0 Å². The van der Waals surface area contributed by atoms with Gasteiger partial charge in [-0.05, 0) is 19.3 Å². The molecule has 1 fully saturated rings. The number of ether oxygens (including phenoxy) is 1. The quantitative estimate of drug-likeness (QED) is 0.740. The molecule has 0 radical (unpaired) electrons. The molecule has 2 heterocycles. The Bertz CT molecular complexity index is 297. The van der Waals surface area contributed by atoms with Crippen LogP contribution in [0.2, 0.25) is 0 Å². The molecule has 0 N–H and O–H groups in total. The van der Waals surface area contributed by atoms with Gasteiger partial charge in [0.1, 0.15) is 6.33 Å². The maximum atomic E-state index is 5.64. The summed E-state index contributed by atoms with van der Waals surface area (Å²) < 4.78 is 7.22. The first-order valence-corrected chi connectivity index (χ1v) is 5.45. The normalized spacial score (nSPS) is 22.9. The van der Waals surface area contributed by atoms with Crippen LogP contribution in [0.25, 0.3) is 0 Å². The molecular weight excluding hydrogens is 225 g/mol. The summed E-state index contributed by atoms with van der Waals surface area (Å²) in [7, 11) is 0. The van der Waals surface area contributed by atoms with Crippen molar-refractivity contribution in [1.82, 2.24) is 14.8 Å². The van der Waals surface area contributed by atoms with Gasteiger partial charge in [0.2, 0.25) is 0 Å². The van der Waals surface area contributed by atoms with Gasteiger partial charge in [-0.1, -0.05) is 23.2 Å². The van der Waals surface area contributed by atoms with Gasteiger partial charge in [-0.3, -0.25) is 0 Å². The predicted molar refractivity (Wildman–Crippen MR) is 53.3 cm³/mol. The highest BCUT2D eigenvalue weighted by molar-refractivity contribution is 6.43. The molecule has 4 nitrogen and oxygen atoms in total. The number of aromatic nitrogens is 3. The van der Waals surface area contributed by atoms with Gasteiger partial charge >= 0.3 is 0 Å². The number of rotatable bonds is 2. The average Bonchev–Trinajstić information content (AvgIpc) is 2.68. The van der Waals surface area contributed by atoms with Crippen molar-refractivity contribution in [2.45, 2.75) is 30.3 Å². The topological polar surface area (TPSA) is 39.9 Å². The summed E-state index contributed by atoms with van der Waals surface area (Å²) in [6.07, 6.45) is 4.86. The fraction of sp³-hybridized carbons (Fsp3) is 0.750. The van der Waals surface area contributed by atoms with Gasteiger partial charge in [0.15, 0.2) is 16.9 Å². The number of hydrogen-bond acceptors (Lipinski definition) is 3. The molecule has 6 heteroatoms. The second-order valence-corrected chi connectivity index (χ2v) is 4.30. The van der Waals surface area contributed by atoms with E-state index in [2.05, 4.69) is 10.1 Å². The van der Waals surface area contributed by atoms with Crippen LogP contribution in [0.5, 0.6) is 0 Å². The van der Waals surface area contributed by atoms with E-state index in [0.29, 0.717) is 5.82 Å². The molecule has 2 rings (SSSR count). The number of nitrogens with zero attached hydrogens (tertiary/aromatic N) is 3. The Morgan fingerprint density at radius 3 is 2.93 bits per heavy atom. The van der Waals surface area contributed by atoms with Crippen LogP contribution in [-0.2, 0) is 4.74 Å². The summed E-state index contributed by atoms with van der Waals surface area (Å²) in [5.74, 6) is 0.433. The van der Waals surface area contributed by atoms with Gasteiger partial charge in [-0.25, -0.2) is 9.67 Å². The molecule has 1 aromatic heterocycles. The minimum atomic E-state index is -0.667. The van der Waals surface area contributed by atoms with Crippen LogP contribution in [0.1, 0.15) is 36.2 Å². The highest BCUT2D eigenvalue weighted by Crippen LogP contribution is 2.24. The molecule has 1 aromatic rings. The second kappa shape index (κ2) is 4.47. The molecule has 0 saturated carbocycles. The third-order valence-corrected chi connectivity index (χ3v) is 2.56. The van der Waals surface area contributed by atoms with Crippen molar-refractivity contribution in [2.75, 3.05) is 6.61 Å². The first-order valence-electron chi connectivity index (χ1n) is 4.58. The van der Waals surface area contributed by atoms with Crippen LogP contribution in [0.15, 0.2) is 6.33 Å². The van der Waals surface area contributed by atoms with E-state index in [1.54, 1.807) is 11.0 Å². The zero-order chi connectivity index (χ0) is 9.97. The number of hydrogen-bond donors (Lipinski definition) is 0. The fourth-order valence-corrected chi connectivity index (χ4v) is 1.66.